The summed E-state index contributed by atoms with van der Waals surface area (Å²) < 4.78 is 0. The van der Waals surface area contributed by atoms with E-state index in [-0.39, 0.29) is 11.9 Å². The van der Waals surface area contributed by atoms with Crippen LogP contribution in [0.5, 0.6) is 0 Å². The number of carbonyl (C=O) groups is 2. The molecule has 27 heavy (non-hydrogen) atoms. The first-order valence-corrected chi connectivity index (χ1v) is 10.1. The van der Waals surface area contributed by atoms with Crippen LogP contribution in [0.25, 0.3) is 0 Å². The van der Waals surface area contributed by atoms with Crippen molar-refractivity contribution in [3.8, 4) is 0 Å². The monoisotopic (exact) mass is 386 g/mol. The molecule has 7 heteroatoms. The summed E-state index contributed by atoms with van der Waals surface area (Å²) in [4.78, 5) is 32.8. The number of carbonyl (C=O) groups excluding carboxylic acids is 2. The topological polar surface area (TPSA) is 65.5 Å². The summed E-state index contributed by atoms with van der Waals surface area (Å²) in [7, 11) is 1.74. The second-order valence-electron chi connectivity index (χ2n) is 7.20. The van der Waals surface area contributed by atoms with Crippen molar-refractivity contribution in [2.24, 2.45) is 5.92 Å². The van der Waals surface area contributed by atoms with Crippen molar-refractivity contribution in [3.05, 3.63) is 45.9 Å². The summed E-state index contributed by atoms with van der Waals surface area (Å²) in [5.74, 6) is 0.757. The van der Waals surface area contributed by atoms with E-state index in [2.05, 4.69) is 17.2 Å². The Morgan fingerprint density at radius 1 is 1.26 bits per heavy atom. The Hall–Kier alpha value is -2.41. The Morgan fingerprint density at radius 2 is 1.93 bits per heavy atom. The fraction of sp³-hybridized carbons (Fsp3) is 0.450. The number of benzene rings is 1. The third kappa shape index (κ3) is 5.07. The summed E-state index contributed by atoms with van der Waals surface area (Å²) in [5, 5.41) is 5.81. The maximum Gasteiger partial charge on any atom is 0.321 e. The molecule has 0 spiro atoms. The predicted octanol–water partition coefficient (Wildman–Crippen LogP) is 3.99. The van der Waals surface area contributed by atoms with Crippen LogP contribution < -0.4 is 5.32 Å². The van der Waals surface area contributed by atoms with Crippen LogP contribution in [0.4, 0.5) is 10.5 Å². The number of hydrogen-bond acceptors (Lipinski definition) is 4. The van der Waals surface area contributed by atoms with Crippen LogP contribution in [-0.4, -0.2) is 46.9 Å². The number of urea groups is 1. The first-order chi connectivity index (χ1) is 12.9. The molecule has 0 saturated carbocycles. The van der Waals surface area contributed by atoms with Gasteiger partial charge in [0.15, 0.2) is 0 Å². The van der Waals surface area contributed by atoms with Crippen molar-refractivity contribution >= 4 is 29.0 Å². The van der Waals surface area contributed by atoms with Crippen LogP contribution in [0.2, 0.25) is 0 Å². The van der Waals surface area contributed by atoms with Crippen LogP contribution in [0.1, 0.15) is 40.8 Å². The Morgan fingerprint density at radius 3 is 2.52 bits per heavy atom. The smallest absolute Gasteiger partial charge is 0.321 e. The zero-order valence-corrected chi connectivity index (χ0v) is 16.9. The predicted molar refractivity (Wildman–Crippen MR) is 108 cm³/mol. The third-order valence-electron chi connectivity index (χ3n) is 4.87. The molecule has 144 valence electrons. The zero-order chi connectivity index (χ0) is 19.4. The summed E-state index contributed by atoms with van der Waals surface area (Å²) >= 11 is 1.57. The Labute approximate surface area is 164 Å². The number of rotatable bonds is 4. The summed E-state index contributed by atoms with van der Waals surface area (Å²) in [5.41, 5.74) is 2.21. The highest BCUT2D eigenvalue weighted by molar-refractivity contribution is 7.09. The molecule has 1 aliphatic heterocycles. The molecule has 6 nitrogen and oxygen atoms in total. The van der Waals surface area contributed by atoms with E-state index in [1.54, 1.807) is 47.5 Å². The largest absolute Gasteiger partial charge is 0.339 e. The van der Waals surface area contributed by atoms with E-state index in [9.17, 15) is 9.59 Å². The molecule has 1 aliphatic rings. The van der Waals surface area contributed by atoms with Crippen molar-refractivity contribution in [3.63, 3.8) is 0 Å². The van der Waals surface area contributed by atoms with Gasteiger partial charge in [-0.25, -0.2) is 9.78 Å². The molecular weight excluding hydrogens is 360 g/mol. The highest BCUT2D eigenvalue weighted by atomic mass is 32.1. The molecule has 0 atom stereocenters. The van der Waals surface area contributed by atoms with Gasteiger partial charge in [0, 0.05) is 36.8 Å². The lowest BCUT2D eigenvalue weighted by Crippen LogP contribution is -2.37. The minimum Gasteiger partial charge on any atom is -0.339 e. The van der Waals surface area contributed by atoms with Gasteiger partial charge in [-0.1, -0.05) is 6.92 Å². The van der Waals surface area contributed by atoms with E-state index in [1.807, 2.05) is 17.2 Å². The van der Waals surface area contributed by atoms with Crippen LogP contribution >= 0.6 is 11.3 Å². The van der Waals surface area contributed by atoms with Crippen LogP contribution in [-0.2, 0) is 6.54 Å². The summed E-state index contributed by atoms with van der Waals surface area (Å²) in [6, 6.07) is 6.90. The molecule has 1 aromatic heterocycles. The maximum atomic E-state index is 12.6. The van der Waals surface area contributed by atoms with Gasteiger partial charge in [-0.05, 0) is 49.9 Å². The van der Waals surface area contributed by atoms with E-state index in [1.165, 1.54) is 0 Å². The van der Waals surface area contributed by atoms with E-state index in [0.717, 1.165) is 36.6 Å². The Kier molecular flexibility index (Phi) is 6.11. The Balaban J connectivity index is 1.55. The molecule has 1 aromatic carbocycles. The van der Waals surface area contributed by atoms with Gasteiger partial charge in [-0.15, -0.1) is 11.3 Å². The van der Waals surface area contributed by atoms with Crippen molar-refractivity contribution in [1.82, 2.24) is 14.8 Å². The average Bonchev–Trinajstić information content (AvgIpc) is 3.07. The van der Waals surface area contributed by atoms with Crippen LogP contribution in [0.15, 0.2) is 29.6 Å². The number of nitrogens with zero attached hydrogens (tertiary/aromatic N) is 3. The lowest BCUT2D eigenvalue weighted by Gasteiger charge is -2.30. The number of piperidine rings is 1. The van der Waals surface area contributed by atoms with Crippen molar-refractivity contribution in [2.75, 3.05) is 25.5 Å². The quantitative estimate of drug-likeness (QED) is 0.864. The number of aromatic nitrogens is 1. The number of amides is 3. The molecule has 2 aromatic rings. The molecule has 2 heterocycles. The van der Waals surface area contributed by atoms with E-state index < -0.39 is 0 Å². The third-order valence-corrected chi connectivity index (χ3v) is 5.69. The molecular formula is C20H26N4O2S. The summed E-state index contributed by atoms with van der Waals surface area (Å²) in [6.45, 7) is 6.27. The summed E-state index contributed by atoms with van der Waals surface area (Å²) in [6.07, 6.45) is 2.12. The number of nitrogens with one attached hydrogen (secondary N) is 1. The normalized spacial score (nSPS) is 14.9. The highest BCUT2D eigenvalue weighted by Gasteiger charge is 2.21. The number of likely N-dealkylation sites (tertiary alicyclic amines) is 1. The lowest BCUT2D eigenvalue weighted by atomic mass is 9.98. The minimum atomic E-state index is -0.204. The standard InChI is InChI=1S/C20H26N4O2S/c1-14-8-10-24(11-9-14)19(25)16-4-6-17(7-5-16)22-20(26)23(3)12-18-13-27-15(2)21-18/h4-7,13-14H,8-12H2,1-3H3,(H,22,26). The number of aryl methyl sites for hydroxylation is 1. The number of anilines is 1. The number of hydrogen-bond donors (Lipinski definition) is 1. The van der Waals surface area contributed by atoms with Gasteiger partial charge in [0.2, 0.25) is 0 Å². The van der Waals surface area contributed by atoms with Gasteiger partial charge in [0.25, 0.3) is 5.91 Å². The molecule has 0 bridgehead atoms. The second-order valence-corrected chi connectivity index (χ2v) is 8.26. The molecule has 1 fully saturated rings. The van der Waals surface area contributed by atoms with Gasteiger partial charge >= 0.3 is 6.03 Å². The fourth-order valence-corrected chi connectivity index (χ4v) is 3.71. The maximum absolute atomic E-state index is 12.6. The highest BCUT2D eigenvalue weighted by Crippen LogP contribution is 2.19. The average molecular weight is 387 g/mol. The Bertz CT molecular complexity index is 795. The van der Waals surface area contributed by atoms with E-state index >= 15 is 0 Å². The van der Waals surface area contributed by atoms with Crippen molar-refractivity contribution in [1.29, 1.82) is 0 Å². The fourth-order valence-electron chi connectivity index (χ4n) is 3.10. The molecule has 3 rings (SSSR count). The van der Waals surface area contributed by atoms with E-state index in [0.29, 0.717) is 23.7 Å². The van der Waals surface area contributed by atoms with Gasteiger partial charge in [-0.2, -0.15) is 0 Å². The second kappa shape index (κ2) is 8.52. The number of thiazole rings is 1. The van der Waals surface area contributed by atoms with Gasteiger partial charge in [0.1, 0.15) is 0 Å². The SMILES string of the molecule is Cc1nc(CN(C)C(=O)Nc2ccc(C(=O)N3CCC(C)CC3)cc2)cs1. The van der Waals surface area contributed by atoms with E-state index in [4.69, 9.17) is 0 Å². The molecule has 0 radical (unpaired) electrons. The molecule has 0 unspecified atom stereocenters. The van der Waals surface area contributed by atoms with Gasteiger partial charge in [-0.3, -0.25) is 4.79 Å². The van der Waals surface area contributed by atoms with Crippen molar-refractivity contribution in [2.45, 2.75) is 33.2 Å². The molecule has 1 N–H and O–H groups in total. The van der Waals surface area contributed by atoms with Crippen molar-refractivity contribution < 1.29 is 9.59 Å². The first-order valence-electron chi connectivity index (χ1n) is 9.25. The lowest BCUT2D eigenvalue weighted by molar-refractivity contribution is 0.0697. The minimum absolute atomic E-state index is 0.0656. The van der Waals surface area contributed by atoms with Crippen LogP contribution in [0, 0.1) is 12.8 Å². The zero-order valence-electron chi connectivity index (χ0n) is 16.1. The molecule has 3 amide bonds. The van der Waals surface area contributed by atoms with Crippen LogP contribution in [0.3, 0.4) is 0 Å². The first kappa shape index (κ1) is 19.4. The molecule has 0 aliphatic carbocycles. The van der Waals surface area contributed by atoms with Gasteiger partial charge < -0.3 is 15.1 Å². The van der Waals surface area contributed by atoms with Gasteiger partial charge in [0.05, 0.1) is 17.2 Å². The molecule has 1 saturated heterocycles.